The summed E-state index contributed by atoms with van der Waals surface area (Å²) in [7, 11) is 1.81. The van der Waals surface area contributed by atoms with Crippen molar-refractivity contribution in [1.82, 2.24) is 29.8 Å². The predicted molar refractivity (Wildman–Crippen MR) is 108 cm³/mol. The smallest absolute Gasteiger partial charge is 0.227 e. The van der Waals surface area contributed by atoms with Crippen LogP contribution in [0.25, 0.3) is 16.4 Å². The van der Waals surface area contributed by atoms with Gasteiger partial charge in [0.05, 0.1) is 16.6 Å². The molecule has 0 aliphatic carbocycles. The number of thiophene rings is 1. The highest BCUT2D eigenvalue weighted by Gasteiger charge is 2.19. The van der Waals surface area contributed by atoms with Gasteiger partial charge in [-0.2, -0.15) is 10.1 Å². The van der Waals surface area contributed by atoms with Crippen molar-refractivity contribution in [2.45, 2.75) is 25.8 Å². The first kappa shape index (κ1) is 19.0. The number of aromatic nitrogens is 5. The largest absolute Gasteiger partial charge is 0.339 e. The summed E-state index contributed by atoms with van der Waals surface area (Å²) in [6, 6.07) is 11.7. The Bertz CT molecular complexity index is 1060. The second-order valence-corrected chi connectivity index (χ2v) is 7.55. The summed E-state index contributed by atoms with van der Waals surface area (Å²) in [6.45, 7) is 2.00. The zero-order valence-corrected chi connectivity index (χ0v) is 16.9. The molecule has 3 aromatic heterocycles. The molecule has 0 N–H and O–H groups in total. The van der Waals surface area contributed by atoms with Crippen molar-refractivity contribution in [3.8, 4) is 16.4 Å². The van der Waals surface area contributed by atoms with Gasteiger partial charge in [0, 0.05) is 19.9 Å². The van der Waals surface area contributed by atoms with E-state index in [4.69, 9.17) is 4.52 Å². The van der Waals surface area contributed by atoms with Gasteiger partial charge in [0.25, 0.3) is 0 Å². The number of rotatable bonds is 7. The molecule has 0 saturated carbocycles. The Labute approximate surface area is 171 Å². The first-order valence-corrected chi connectivity index (χ1v) is 10.1. The fraction of sp³-hybridized carbons (Fsp3) is 0.250. The number of hydrogen-bond donors (Lipinski definition) is 0. The van der Waals surface area contributed by atoms with E-state index in [1.165, 1.54) is 6.33 Å². The highest BCUT2D eigenvalue weighted by Crippen LogP contribution is 2.23. The molecule has 4 rings (SSSR count). The molecular formula is C20H20N6O2S. The molecule has 9 heteroatoms. The fourth-order valence-electron chi connectivity index (χ4n) is 2.94. The Balaban J connectivity index is 1.35. The van der Waals surface area contributed by atoms with Crippen molar-refractivity contribution in [2.24, 2.45) is 0 Å². The third-order valence-electron chi connectivity index (χ3n) is 4.80. The van der Waals surface area contributed by atoms with E-state index < -0.39 is 0 Å². The predicted octanol–water partition coefficient (Wildman–Crippen LogP) is 3.53. The minimum Gasteiger partial charge on any atom is -0.339 e. The monoisotopic (exact) mass is 408 g/mol. The van der Waals surface area contributed by atoms with Crippen LogP contribution in [0, 0.1) is 0 Å². The molecular weight excluding hydrogens is 388 g/mol. The van der Waals surface area contributed by atoms with Crippen molar-refractivity contribution in [2.75, 3.05) is 7.05 Å². The van der Waals surface area contributed by atoms with Gasteiger partial charge in [-0.1, -0.05) is 23.4 Å². The summed E-state index contributed by atoms with van der Waals surface area (Å²) < 4.78 is 6.97. The first-order chi connectivity index (χ1) is 14.1. The third kappa shape index (κ3) is 4.24. The van der Waals surface area contributed by atoms with Crippen LogP contribution in [0.3, 0.4) is 0 Å². The van der Waals surface area contributed by atoms with Crippen molar-refractivity contribution in [3.63, 3.8) is 0 Å². The van der Waals surface area contributed by atoms with Gasteiger partial charge in [0.2, 0.25) is 17.6 Å². The van der Waals surface area contributed by atoms with Gasteiger partial charge in [-0.05, 0) is 36.1 Å². The fourth-order valence-corrected chi connectivity index (χ4v) is 3.59. The van der Waals surface area contributed by atoms with Gasteiger partial charge >= 0.3 is 0 Å². The Morgan fingerprint density at radius 3 is 2.79 bits per heavy atom. The summed E-state index contributed by atoms with van der Waals surface area (Å²) >= 11 is 1.55. The van der Waals surface area contributed by atoms with Gasteiger partial charge in [0.15, 0.2) is 0 Å². The van der Waals surface area contributed by atoms with Crippen LogP contribution in [-0.4, -0.2) is 42.8 Å². The van der Waals surface area contributed by atoms with Crippen LogP contribution >= 0.6 is 11.3 Å². The van der Waals surface area contributed by atoms with Gasteiger partial charge in [-0.15, -0.1) is 11.3 Å². The molecule has 8 nitrogen and oxygen atoms in total. The molecule has 4 aromatic rings. The van der Waals surface area contributed by atoms with E-state index in [2.05, 4.69) is 20.2 Å². The highest BCUT2D eigenvalue weighted by molar-refractivity contribution is 7.13. The van der Waals surface area contributed by atoms with Crippen molar-refractivity contribution in [3.05, 3.63) is 65.9 Å². The number of carbonyl (C=O) groups is 1. The van der Waals surface area contributed by atoms with E-state index in [-0.39, 0.29) is 11.9 Å². The molecule has 0 saturated heterocycles. The maximum absolute atomic E-state index is 12.6. The second kappa shape index (κ2) is 8.36. The molecule has 0 unspecified atom stereocenters. The van der Waals surface area contributed by atoms with E-state index in [0.717, 1.165) is 16.1 Å². The molecule has 1 atom stereocenters. The molecule has 0 spiro atoms. The topological polar surface area (TPSA) is 89.9 Å². The minimum atomic E-state index is -0.0586. The first-order valence-electron chi connectivity index (χ1n) is 9.19. The average Bonchev–Trinajstić information content (AvgIpc) is 3.52. The molecule has 29 heavy (non-hydrogen) atoms. The summed E-state index contributed by atoms with van der Waals surface area (Å²) in [5.74, 6) is 1.06. The zero-order chi connectivity index (χ0) is 20.2. The summed E-state index contributed by atoms with van der Waals surface area (Å²) in [6.07, 6.45) is 3.87. The lowest BCUT2D eigenvalue weighted by Crippen LogP contribution is -2.29. The quantitative estimate of drug-likeness (QED) is 0.465. The van der Waals surface area contributed by atoms with Gasteiger partial charge < -0.3 is 9.42 Å². The Morgan fingerprint density at radius 1 is 1.28 bits per heavy atom. The molecule has 1 amide bonds. The van der Waals surface area contributed by atoms with E-state index in [1.54, 1.807) is 27.2 Å². The van der Waals surface area contributed by atoms with Crippen LogP contribution in [0.15, 0.2) is 59.0 Å². The lowest BCUT2D eigenvalue weighted by Gasteiger charge is -2.25. The summed E-state index contributed by atoms with van der Waals surface area (Å²) in [5, 5.41) is 10.1. The molecule has 0 bridgehead atoms. The van der Waals surface area contributed by atoms with Gasteiger partial charge in [-0.3, -0.25) is 4.79 Å². The van der Waals surface area contributed by atoms with Crippen LogP contribution < -0.4 is 0 Å². The lowest BCUT2D eigenvalue weighted by molar-refractivity contribution is -0.131. The number of amides is 1. The third-order valence-corrected chi connectivity index (χ3v) is 5.66. The van der Waals surface area contributed by atoms with Crippen molar-refractivity contribution in [1.29, 1.82) is 0 Å². The van der Waals surface area contributed by atoms with Crippen LogP contribution in [-0.2, 0) is 11.2 Å². The lowest BCUT2D eigenvalue weighted by atomic mass is 10.1. The van der Waals surface area contributed by atoms with E-state index in [9.17, 15) is 4.79 Å². The number of benzene rings is 1. The number of nitrogens with zero attached hydrogens (tertiary/aromatic N) is 6. The Hall–Kier alpha value is -3.33. The number of hydrogen-bond acceptors (Lipinski definition) is 7. The molecule has 0 radical (unpaired) electrons. The van der Waals surface area contributed by atoms with Gasteiger partial charge in [-0.25, -0.2) is 9.67 Å². The van der Waals surface area contributed by atoms with E-state index in [1.807, 2.05) is 55.7 Å². The Kier molecular flexibility index (Phi) is 5.48. The Morgan fingerprint density at radius 2 is 2.10 bits per heavy atom. The molecule has 0 aliphatic heterocycles. The summed E-state index contributed by atoms with van der Waals surface area (Å²) in [5.41, 5.74) is 1.97. The maximum atomic E-state index is 12.6. The molecule has 3 heterocycles. The van der Waals surface area contributed by atoms with E-state index >= 15 is 0 Å². The molecule has 1 aromatic carbocycles. The number of carbonyl (C=O) groups excluding carboxylic acids is 1. The van der Waals surface area contributed by atoms with Crippen molar-refractivity contribution < 1.29 is 9.32 Å². The van der Waals surface area contributed by atoms with Crippen LogP contribution in [0.4, 0.5) is 0 Å². The maximum Gasteiger partial charge on any atom is 0.227 e. The molecule has 0 fully saturated rings. The minimum absolute atomic E-state index is 0.0220. The molecule has 0 aliphatic rings. The van der Waals surface area contributed by atoms with E-state index in [0.29, 0.717) is 24.6 Å². The average molecular weight is 408 g/mol. The van der Waals surface area contributed by atoms with Gasteiger partial charge in [0.1, 0.15) is 12.7 Å². The SMILES string of the molecule is C[C@@H](c1ccc(-n2cncn2)cc1)N(C)C(=O)CCc1nc(-c2cccs2)no1. The normalized spacial score (nSPS) is 12.1. The van der Waals surface area contributed by atoms with Crippen LogP contribution in [0.1, 0.15) is 30.8 Å². The zero-order valence-electron chi connectivity index (χ0n) is 16.1. The standard InChI is InChI=1S/C20H20N6O2S/c1-14(15-5-7-16(8-6-15)26-13-21-12-22-26)25(2)19(27)10-9-18-23-20(24-28-18)17-4-3-11-29-17/h3-8,11-14H,9-10H2,1-2H3/t14-/m0/s1. The highest BCUT2D eigenvalue weighted by atomic mass is 32.1. The number of aryl methyl sites for hydroxylation is 1. The van der Waals surface area contributed by atoms with Crippen molar-refractivity contribution >= 4 is 17.2 Å². The second-order valence-electron chi connectivity index (χ2n) is 6.60. The van der Waals surface area contributed by atoms with Crippen LogP contribution in [0.5, 0.6) is 0 Å². The van der Waals surface area contributed by atoms with Crippen LogP contribution in [0.2, 0.25) is 0 Å². The molecule has 148 valence electrons. The summed E-state index contributed by atoms with van der Waals surface area (Å²) in [4.78, 5) is 23.6.